The molecular formula is C18H14N4O3. The number of carbonyl (C=O) groups is 2. The molecule has 7 nitrogen and oxygen atoms in total. The summed E-state index contributed by atoms with van der Waals surface area (Å²) < 4.78 is 1.82. The van der Waals surface area contributed by atoms with Crippen LogP contribution in [0.25, 0.3) is 5.69 Å². The van der Waals surface area contributed by atoms with Gasteiger partial charge in [-0.15, -0.1) is 0 Å². The Balaban J connectivity index is 1.73. The van der Waals surface area contributed by atoms with Gasteiger partial charge in [0, 0.05) is 24.3 Å². The average molecular weight is 334 g/mol. The van der Waals surface area contributed by atoms with Crippen molar-refractivity contribution in [3.8, 4) is 5.69 Å². The summed E-state index contributed by atoms with van der Waals surface area (Å²) >= 11 is 0. The molecule has 124 valence electrons. The van der Waals surface area contributed by atoms with E-state index >= 15 is 0 Å². The van der Waals surface area contributed by atoms with Gasteiger partial charge in [-0.2, -0.15) is 5.10 Å². The lowest BCUT2D eigenvalue weighted by atomic mass is 10.2. The number of nitrogens with zero attached hydrogens (tertiary/aromatic N) is 3. The first-order valence-electron chi connectivity index (χ1n) is 7.39. The maximum absolute atomic E-state index is 11.9. The molecule has 2 N–H and O–H groups in total. The summed E-state index contributed by atoms with van der Waals surface area (Å²) in [6.07, 6.45) is 6.37. The third kappa shape index (κ3) is 3.78. The summed E-state index contributed by atoms with van der Waals surface area (Å²) in [6.45, 7) is 0. The highest BCUT2D eigenvalue weighted by Gasteiger charge is 2.06. The molecule has 7 heteroatoms. The molecule has 0 aliphatic rings. The predicted molar refractivity (Wildman–Crippen MR) is 92.0 cm³/mol. The van der Waals surface area contributed by atoms with Crippen LogP contribution in [0.5, 0.6) is 0 Å². The highest BCUT2D eigenvalue weighted by molar-refractivity contribution is 5.94. The molecule has 0 atom stereocenters. The van der Waals surface area contributed by atoms with Crippen LogP contribution in [0, 0.1) is 0 Å². The van der Waals surface area contributed by atoms with Crippen molar-refractivity contribution >= 4 is 18.1 Å². The van der Waals surface area contributed by atoms with E-state index in [4.69, 9.17) is 5.11 Å². The number of hydrogen-bond donors (Lipinski definition) is 2. The smallest absolute Gasteiger partial charge is 0.335 e. The lowest BCUT2D eigenvalue weighted by molar-refractivity contribution is 0.0696. The number of rotatable bonds is 5. The van der Waals surface area contributed by atoms with Crippen molar-refractivity contribution in [1.29, 1.82) is 0 Å². The topological polar surface area (TPSA) is 96.6 Å². The SMILES string of the molecule is O=C(O)c1ccc(-n2cccc2C=NNC(=O)c2cccnc2)cc1. The molecule has 0 unspecified atom stereocenters. The number of benzene rings is 1. The summed E-state index contributed by atoms with van der Waals surface area (Å²) in [5.74, 6) is -1.33. The number of hydrazone groups is 1. The van der Waals surface area contributed by atoms with Crippen molar-refractivity contribution in [2.45, 2.75) is 0 Å². The van der Waals surface area contributed by atoms with E-state index in [9.17, 15) is 9.59 Å². The minimum absolute atomic E-state index is 0.217. The lowest BCUT2D eigenvalue weighted by Gasteiger charge is -2.06. The Kier molecular flexibility index (Phi) is 4.66. The van der Waals surface area contributed by atoms with Crippen molar-refractivity contribution in [3.63, 3.8) is 0 Å². The molecule has 25 heavy (non-hydrogen) atoms. The van der Waals surface area contributed by atoms with Gasteiger partial charge in [0.25, 0.3) is 5.91 Å². The summed E-state index contributed by atoms with van der Waals surface area (Å²) in [5, 5.41) is 12.9. The van der Waals surface area contributed by atoms with Crippen LogP contribution < -0.4 is 5.43 Å². The van der Waals surface area contributed by atoms with E-state index < -0.39 is 5.97 Å². The van der Waals surface area contributed by atoms with Gasteiger partial charge in [-0.05, 0) is 48.5 Å². The van der Waals surface area contributed by atoms with E-state index in [0.717, 1.165) is 11.4 Å². The second-order valence-corrected chi connectivity index (χ2v) is 5.10. The monoisotopic (exact) mass is 334 g/mol. The second-order valence-electron chi connectivity index (χ2n) is 5.10. The fourth-order valence-electron chi connectivity index (χ4n) is 2.22. The first-order chi connectivity index (χ1) is 12.1. The highest BCUT2D eigenvalue weighted by Crippen LogP contribution is 2.13. The molecule has 0 spiro atoms. The van der Waals surface area contributed by atoms with Crippen LogP contribution in [0.2, 0.25) is 0 Å². The summed E-state index contributed by atoms with van der Waals surface area (Å²) in [4.78, 5) is 26.7. The molecule has 0 saturated heterocycles. The molecule has 2 heterocycles. The van der Waals surface area contributed by atoms with E-state index in [1.807, 2.05) is 22.9 Å². The summed E-state index contributed by atoms with van der Waals surface area (Å²) in [5.41, 5.74) is 4.59. The highest BCUT2D eigenvalue weighted by atomic mass is 16.4. The van der Waals surface area contributed by atoms with Crippen molar-refractivity contribution in [2.24, 2.45) is 5.10 Å². The van der Waals surface area contributed by atoms with E-state index in [0.29, 0.717) is 5.56 Å². The molecule has 0 saturated carbocycles. The Bertz CT molecular complexity index is 915. The van der Waals surface area contributed by atoms with E-state index in [-0.39, 0.29) is 11.5 Å². The average Bonchev–Trinajstić information content (AvgIpc) is 3.11. The summed E-state index contributed by atoms with van der Waals surface area (Å²) in [7, 11) is 0. The maximum Gasteiger partial charge on any atom is 0.335 e. The van der Waals surface area contributed by atoms with E-state index in [1.54, 1.807) is 30.5 Å². The number of hydrogen-bond acceptors (Lipinski definition) is 4. The predicted octanol–water partition coefficient (Wildman–Crippen LogP) is 2.33. The van der Waals surface area contributed by atoms with Gasteiger partial charge in [0.1, 0.15) is 0 Å². The van der Waals surface area contributed by atoms with Gasteiger partial charge in [0.2, 0.25) is 0 Å². The minimum Gasteiger partial charge on any atom is -0.478 e. The Labute approximate surface area is 143 Å². The third-order valence-corrected chi connectivity index (χ3v) is 3.46. The first-order valence-corrected chi connectivity index (χ1v) is 7.39. The zero-order chi connectivity index (χ0) is 17.6. The van der Waals surface area contributed by atoms with Crippen LogP contribution >= 0.6 is 0 Å². The van der Waals surface area contributed by atoms with Crippen molar-refractivity contribution in [3.05, 3.63) is 83.9 Å². The molecule has 3 rings (SSSR count). The van der Waals surface area contributed by atoms with Crippen LogP contribution in [0.1, 0.15) is 26.4 Å². The van der Waals surface area contributed by atoms with Crippen molar-refractivity contribution in [1.82, 2.24) is 15.0 Å². The fraction of sp³-hybridized carbons (Fsp3) is 0. The lowest BCUT2D eigenvalue weighted by Crippen LogP contribution is -2.17. The van der Waals surface area contributed by atoms with Crippen LogP contribution in [-0.4, -0.2) is 32.7 Å². The molecule has 1 amide bonds. The van der Waals surface area contributed by atoms with Crippen molar-refractivity contribution < 1.29 is 14.7 Å². The molecule has 0 radical (unpaired) electrons. The Morgan fingerprint density at radius 2 is 1.88 bits per heavy atom. The molecule has 0 bridgehead atoms. The maximum atomic E-state index is 11.9. The fourth-order valence-corrected chi connectivity index (χ4v) is 2.22. The number of amides is 1. The van der Waals surface area contributed by atoms with E-state index in [1.165, 1.54) is 24.5 Å². The quantitative estimate of drug-likeness (QED) is 0.553. The standard InChI is InChI=1S/C18H14N4O3/c23-17(14-3-1-9-19-11-14)21-20-12-16-4-2-10-22(16)15-7-5-13(6-8-15)18(24)25/h1-12H,(H,21,23)(H,24,25). The normalized spacial score (nSPS) is 10.7. The number of carboxylic acids is 1. The number of aromatic nitrogens is 2. The number of carbonyl (C=O) groups excluding carboxylic acids is 1. The van der Waals surface area contributed by atoms with E-state index in [2.05, 4.69) is 15.5 Å². The number of pyridine rings is 1. The van der Waals surface area contributed by atoms with Crippen molar-refractivity contribution in [2.75, 3.05) is 0 Å². The van der Waals surface area contributed by atoms with Gasteiger partial charge in [0.05, 0.1) is 23.0 Å². The first kappa shape index (κ1) is 16.1. The molecule has 0 aliphatic carbocycles. The van der Waals surface area contributed by atoms with Crippen LogP contribution in [0.4, 0.5) is 0 Å². The van der Waals surface area contributed by atoms with Gasteiger partial charge < -0.3 is 9.67 Å². The van der Waals surface area contributed by atoms with Crippen LogP contribution in [0.15, 0.2) is 72.2 Å². The molecule has 3 aromatic rings. The van der Waals surface area contributed by atoms with Crippen LogP contribution in [0.3, 0.4) is 0 Å². The third-order valence-electron chi connectivity index (χ3n) is 3.46. The Hall–Kier alpha value is -3.74. The van der Waals surface area contributed by atoms with Gasteiger partial charge in [0.15, 0.2) is 0 Å². The number of carboxylic acid groups (broad SMARTS) is 1. The van der Waals surface area contributed by atoms with Gasteiger partial charge in [-0.1, -0.05) is 0 Å². The molecule has 1 aromatic carbocycles. The van der Waals surface area contributed by atoms with Crippen LogP contribution in [-0.2, 0) is 0 Å². The van der Waals surface area contributed by atoms with Gasteiger partial charge >= 0.3 is 5.97 Å². The Morgan fingerprint density at radius 1 is 1.08 bits per heavy atom. The summed E-state index contributed by atoms with van der Waals surface area (Å²) in [6, 6.07) is 13.4. The Morgan fingerprint density at radius 3 is 2.56 bits per heavy atom. The number of nitrogens with one attached hydrogen (secondary N) is 1. The largest absolute Gasteiger partial charge is 0.478 e. The van der Waals surface area contributed by atoms with Gasteiger partial charge in [-0.3, -0.25) is 9.78 Å². The second kappa shape index (κ2) is 7.22. The molecule has 0 fully saturated rings. The molecular weight excluding hydrogens is 320 g/mol. The number of aromatic carboxylic acids is 1. The molecule has 2 aromatic heterocycles. The van der Waals surface area contributed by atoms with Gasteiger partial charge in [-0.25, -0.2) is 10.2 Å². The zero-order valence-electron chi connectivity index (χ0n) is 13.0. The zero-order valence-corrected chi connectivity index (χ0v) is 13.0. The minimum atomic E-state index is -0.973. The molecule has 0 aliphatic heterocycles.